The van der Waals surface area contributed by atoms with Crippen molar-refractivity contribution in [3.8, 4) is 0 Å². The van der Waals surface area contributed by atoms with Crippen molar-refractivity contribution in [1.29, 1.82) is 0 Å². The fourth-order valence-corrected chi connectivity index (χ4v) is 4.85. The van der Waals surface area contributed by atoms with Gasteiger partial charge in [0.05, 0.1) is 6.54 Å². The molecule has 180 valence electrons. The van der Waals surface area contributed by atoms with Gasteiger partial charge in [0, 0.05) is 37.2 Å². The van der Waals surface area contributed by atoms with E-state index in [0.29, 0.717) is 18.7 Å². The molecule has 0 N–H and O–H groups in total. The molecule has 2 atom stereocenters. The second-order valence-corrected chi connectivity index (χ2v) is 9.62. The molecule has 2 heterocycles. The Balaban J connectivity index is 1.57. The highest BCUT2D eigenvalue weighted by Gasteiger charge is 2.37. The predicted octanol–water partition coefficient (Wildman–Crippen LogP) is 5.94. The van der Waals surface area contributed by atoms with E-state index < -0.39 is 0 Å². The topological polar surface area (TPSA) is 36.7 Å². The molecule has 34 heavy (non-hydrogen) atoms. The van der Waals surface area contributed by atoms with Gasteiger partial charge in [0.1, 0.15) is 23.2 Å². The fourth-order valence-electron chi connectivity index (χ4n) is 4.85. The van der Waals surface area contributed by atoms with Gasteiger partial charge in [-0.3, -0.25) is 9.69 Å². The van der Waals surface area contributed by atoms with Gasteiger partial charge < -0.3 is 9.32 Å². The summed E-state index contributed by atoms with van der Waals surface area (Å²) >= 11 is 0. The maximum Gasteiger partial charge on any atom is 0.254 e. The summed E-state index contributed by atoms with van der Waals surface area (Å²) in [7, 11) is 0. The van der Waals surface area contributed by atoms with Crippen molar-refractivity contribution in [2.24, 2.45) is 5.92 Å². The van der Waals surface area contributed by atoms with Gasteiger partial charge in [0.25, 0.3) is 5.91 Å². The Labute approximate surface area is 200 Å². The maximum absolute atomic E-state index is 13.6. The van der Waals surface area contributed by atoms with E-state index in [1.165, 1.54) is 36.4 Å². The lowest BCUT2D eigenvalue weighted by atomic mass is 9.88. The van der Waals surface area contributed by atoms with Crippen molar-refractivity contribution in [2.45, 2.75) is 46.2 Å². The van der Waals surface area contributed by atoms with Crippen LogP contribution in [0.2, 0.25) is 0 Å². The summed E-state index contributed by atoms with van der Waals surface area (Å²) in [6, 6.07) is 14.5. The van der Waals surface area contributed by atoms with Gasteiger partial charge in [-0.05, 0) is 87.2 Å². The van der Waals surface area contributed by atoms with Crippen LogP contribution in [0.15, 0.2) is 59.0 Å². The summed E-state index contributed by atoms with van der Waals surface area (Å²) < 4.78 is 32.9. The summed E-state index contributed by atoms with van der Waals surface area (Å²) in [6.07, 6.45) is 0. The van der Waals surface area contributed by atoms with E-state index in [4.69, 9.17) is 4.42 Å². The molecule has 2 aromatic carbocycles. The first-order valence-corrected chi connectivity index (χ1v) is 11.8. The first-order valence-electron chi connectivity index (χ1n) is 11.8. The smallest absolute Gasteiger partial charge is 0.254 e. The van der Waals surface area contributed by atoms with Crippen molar-refractivity contribution in [2.75, 3.05) is 19.6 Å². The highest BCUT2D eigenvalue weighted by molar-refractivity contribution is 5.94. The number of aryl methyl sites for hydroxylation is 2. The first-order chi connectivity index (χ1) is 16.2. The predicted molar refractivity (Wildman–Crippen MR) is 129 cm³/mol. The Hall–Kier alpha value is -2.99. The minimum Gasteiger partial charge on any atom is -0.465 e. The lowest BCUT2D eigenvalue weighted by molar-refractivity contribution is 0.0668. The third-order valence-electron chi connectivity index (χ3n) is 6.82. The van der Waals surface area contributed by atoms with Crippen molar-refractivity contribution >= 4 is 5.91 Å². The van der Waals surface area contributed by atoms with E-state index >= 15 is 0 Å². The zero-order valence-corrected chi connectivity index (χ0v) is 20.2. The quantitative estimate of drug-likeness (QED) is 0.432. The number of likely N-dealkylation sites (tertiary alicyclic amines) is 1. The molecule has 4 nitrogen and oxygen atoms in total. The molecule has 0 aliphatic carbocycles. The molecule has 3 aromatic rings. The Morgan fingerprint density at radius 3 is 2.21 bits per heavy atom. The van der Waals surface area contributed by atoms with Crippen molar-refractivity contribution in [3.63, 3.8) is 0 Å². The van der Waals surface area contributed by atoms with Crippen molar-refractivity contribution in [1.82, 2.24) is 9.80 Å². The molecule has 1 amide bonds. The molecular formula is C28H32F2N2O2. The van der Waals surface area contributed by atoms with E-state index in [0.717, 1.165) is 35.7 Å². The van der Waals surface area contributed by atoms with Gasteiger partial charge in [-0.15, -0.1) is 0 Å². The zero-order chi connectivity index (χ0) is 24.4. The van der Waals surface area contributed by atoms with Crippen LogP contribution in [0, 0.1) is 31.4 Å². The molecule has 2 unspecified atom stereocenters. The van der Waals surface area contributed by atoms with Gasteiger partial charge in [-0.1, -0.05) is 12.1 Å². The molecule has 0 spiro atoms. The van der Waals surface area contributed by atoms with Crippen LogP contribution in [0.1, 0.15) is 52.8 Å². The highest BCUT2D eigenvalue weighted by Crippen LogP contribution is 2.35. The van der Waals surface area contributed by atoms with Crippen molar-refractivity contribution in [3.05, 3.63) is 94.4 Å². The van der Waals surface area contributed by atoms with E-state index in [1.807, 2.05) is 44.7 Å². The Morgan fingerprint density at radius 2 is 1.65 bits per heavy atom. The summed E-state index contributed by atoms with van der Waals surface area (Å²) in [4.78, 5) is 17.5. The van der Waals surface area contributed by atoms with Gasteiger partial charge in [0.2, 0.25) is 0 Å². The molecule has 1 aliphatic heterocycles. The van der Waals surface area contributed by atoms with Crippen LogP contribution >= 0.6 is 0 Å². The number of carbonyl (C=O) groups excluding carboxylic acids is 1. The number of hydrogen-bond acceptors (Lipinski definition) is 3. The average Bonchev–Trinajstić information content (AvgIpc) is 3.34. The van der Waals surface area contributed by atoms with Crippen LogP contribution in [0.3, 0.4) is 0 Å². The zero-order valence-electron chi connectivity index (χ0n) is 20.2. The SMILES string of the molecule is Cc1cc(CN2CC(CN(C(=O)c3ccc(F)cc3)C(C)C)C(c3ccc(F)cc3)C2)oc1C. The normalized spacial score (nSPS) is 18.6. The molecule has 1 aliphatic rings. The minimum atomic E-state index is -0.362. The lowest BCUT2D eigenvalue weighted by Gasteiger charge is -2.32. The van der Waals surface area contributed by atoms with E-state index in [9.17, 15) is 13.6 Å². The third kappa shape index (κ3) is 5.39. The van der Waals surface area contributed by atoms with Crippen LogP contribution in [-0.4, -0.2) is 41.4 Å². The molecule has 1 aromatic heterocycles. The highest BCUT2D eigenvalue weighted by atomic mass is 19.1. The van der Waals surface area contributed by atoms with E-state index in [-0.39, 0.29) is 35.4 Å². The number of hydrogen-bond donors (Lipinski definition) is 0. The molecule has 0 radical (unpaired) electrons. The molecular weight excluding hydrogens is 434 g/mol. The number of rotatable bonds is 7. The van der Waals surface area contributed by atoms with Gasteiger partial charge in [-0.25, -0.2) is 8.78 Å². The number of benzene rings is 2. The lowest BCUT2D eigenvalue weighted by Crippen LogP contribution is -2.42. The fraction of sp³-hybridized carbons (Fsp3) is 0.393. The Kier molecular flexibility index (Phi) is 7.17. The molecule has 6 heteroatoms. The molecule has 0 saturated carbocycles. The minimum absolute atomic E-state index is 0.0177. The average molecular weight is 467 g/mol. The third-order valence-corrected chi connectivity index (χ3v) is 6.82. The second-order valence-electron chi connectivity index (χ2n) is 9.62. The van der Waals surface area contributed by atoms with Gasteiger partial charge in [-0.2, -0.15) is 0 Å². The number of halogens is 2. The van der Waals surface area contributed by atoms with Crippen LogP contribution < -0.4 is 0 Å². The summed E-state index contributed by atoms with van der Waals surface area (Å²) in [5.74, 6) is 1.44. The summed E-state index contributed by atoms with van der Waals surface area (Å²) in [5, 5.41) is 0. The Morgan fingerprint density at radius 1 is 1.03 bits per heavy atom. The van der Waals surface area contributed by atoms with Gasteiger partial charge >= 0.3 is 0 Å². The van der Waals surface area contributed by atoms with Crippen LogP contribution in [0.25, 0.3) is 0 Å². The monoisotopic (exact) mass is 466 g/mol. The standard InChI is InChI=1S/C28H32F2N2O2/c1-18(2)32(28(33)22-7-11-25(30)12-8-22)15-23-14-31(16-26-13-19(3)20(4)34-26)17-27(23)21-5-9-24(29)10-6-21/h5-13,18,23,27H,14-17H2,1-4H3. The molecule has 1 saturated heterocycles. The summed E-state index contributed by atoms with van der Waals surface area (Å²) in [6.45, 7) is 10.8. The number of amides is 1. The van der Waals surface area contributed by atoms with E-state index in [1.54, 1.807) is 0 Å². The molecule has 1 fully saturated rings. The number of carbonyl (C=O) groups is 1. The molecule has 0 bridgehead atoms. The maximum atomic E-state index is 13.6. The van der Waals surface area contributed by atoms with Crippen LogP contribution in [0.4, 0.5) is 8.78 Å². The summed E-state index contributed by atoms with van der Waals surface area (Å²) in [5.41, 5.74) is 2.68. The molecule has 4 rings (SSSR count). The number of furan rings is 1. The van der Waals surface area contributed by atoms with Crippen LogP contribution in [-0.2, 0) is 6.54 Å². The number of nitrogens with zero attached hydrogens (tertiary/aromatic N) is 2. The Bertz CT molecular complexity index is 1100. The van der Waals surface area contributed by atoms with Crippen LogP contribution in [0.5, 0.6) is 0 Å². The van der Waals surface area contributed by atoms with Crippen molar-refractivity contribution < 1.29 is 18.0 Å². The van der Waals surface area contributed by atoms with Gasteiger partial charge in [0.15, 0.2) is 0 Å². The second kappa shape index (κ2) is 10.1. The first kappa shape index (κ1) is 24.1. The van der Waals surface area contributed by atoms with E-state index in [2.05, 4.69) is 11.0 Å². The largest absolute Gasteiger partial charge is 0.465 e.